The third-order valence-electron chi connectivity index (χ3n) is 3.91. The van der Waals surface area contributed by atoms with Gasteiger partial charge in [-0.25, -0.2) is 0 Å². The van der Waals surface area contributed by atoms with Gasteiger partial charge in [0.15, 0.2) is 5.11 Å². The second kappa shape index (κ2) is 9.91. The molecule has 0 aromatic heterocycles. The molecule has 0 aliphatic rings. The molecule has 0 saturated carbocycles. The van der Waals surface area contributed by atoms with Gasteiger partial charge < -0.3 is 10.6 Å². The normalized spacial score (nSPS) is 10.2. The number of rotatable bonds is 4. The van der Waals surface area contributed by atoms with Gasteiger partial charge in [0.05, 0.1) is 15.6 Å². The van der Waals surface area contributed by atoms with E-state index in [1.54, 1.807) is 66.7 Å². The first-order valence-electron chi connectivity index (χ1n) is 8.57. The molecule has 0 saturated heterocycles. The molecule has 0 radical (unpaired) electrons. The van der Waals surface area contributed by atoms with E-state index in [2.05, 4.69) is 16.0 Å². The molecule has 0 bridgehead atoms. The number of hydrogen-bond acceptors (Lipinski definition) is 3. The van der Waals surface area contributed by atoms with Gasteiger partial charge in [-0.1, -0.05) is 46.9 Å². The number of halogens is 3. The average Bonchev–Trinajstić information content (AvgIpc) is 2.71. The number of hydrogen-bond donors (Lipinski definition) is 3. The lowest BCUT2D eigenvalue weighted by Crippen LogP contribution is -2.34. The van der Waals surface area contributed by atoms with Crippen molar-refractivity contribution in [2.75, 3.05) is 10.6 Å². The molecule has 5 nitrogen and oxygen atoms in total. The first-order valence-corrected chi connectivity index (χ1v) is 10.1. The third kappa shape index (κ3) is 5.70. The van der Waals surface area contributed by atoms with E-state index in [0.29, 0.717) is 22.0 Å². The minimum atomic E-state index is -0.481. The quantitative estimate of drug-likeness (QED) is 0.401. The van der Waals surface area contributed by atoms with Crippen LogP contribution in [-0.4, -0.2) is 16.9 Å². The predicted octanol–water partition coefficient (Wildman–Crippen LogP) is 6.03. The van der Waals surface area contributed by atoms with E-state index in [-0.39, 0.29) is 26.6 Å². The van der Waals surface area contributed by atoms with Crippen molar-refractivity contribution >= 4 is 75.3 Å². The fraction of sp³-hybridized carbons (Fsp3) is 0. The molecule has 0 heterocycles. The molecular formula is C21H14Cl3N3O2S. The summed E-state index contributed by atoms with van der Waals surface area (Å²) >= 11 is 23.0. The number of amides is 2. The van der Waals surface area contributed by atoms with E-state index in [4.69, 9.17) is 47.0 Å². The summed E-state index contributed by atoms with van der Waals surface area (Å²) in [6.07, 6.45) is 0. The summed E-state index contributed by atoms with van der Waals surface area (Å²) in [4.78, 5) is 24.6. The summed E-state index contributed by atoms with van der Waals surface area (Å²) in [6.45, 7) is 0. The van der Waals surface area contributed by atoms with Gasteiger partial charge in [-0.2, -0.15) is 0 Å². The van der Waals surface area contributed by atoms with Crippen LogP contribution in [0.1, 0.15) is 20.7 Å². The Kier molecular flexibility index (Phi) is 7.29. The van der Waals surface area contributed by atoms with Crippen LogP contribution < -0.4 is 16.0 Å². The van der Waals surface area contributed by atoms with Crippen molar-refractivity contribution in [2.24, 2.45) is 0 Å². The smallest absolute Gasteiger partial charge is 0.258 e. The Morgan fingerprint density at radius 2 is 1.40 bits per heavy atom. The molecule has 0 spiro atoms. The average molecular weight is 479 g/mol. The molecule has 3 aromatic carbocycles. The van der Waals surface area contributed by atoms with E-state index < -0.39 is 5.91 Å². The Hall–Kier alpha value is -2.64. The fourth-order valence-electron chi connectivity index (χ4n) is 2.48. The van der Waals surface area contributed by atoms with Gasteiger partial charge >= 0.3 is 0 Å². The number of anilines is 2. The Bertz CT molecular complexity index is 1120. The molecule has 0 atom stereocenters. The van der Waals surface area contributed by atoms with Gasteiger partial charge in [-0.05, 0) is 66.8 Å². The van der Waals surface area contributed by atoms with Crippen LogP contribution in [0.3, 0.4) is 0 Å². The summed E-state index contributed by atoms with van der Waals surface area (Å²) in [5.41, 5.74) is 1.88. The Morgan fingerprint density at radius 3 is 2.07 bits per heavy atom. The highest BCUT2D eigenvalue weighted by Gasteiger charge is 2.14. The predicted molar refractivity (Wildman–Crippen MR) is 126 cm³/mol. The molecule has 3 aromatic rings. The number of benzene rings is 3. The summed E-state index contributed by atoms with van der Waals surface area (Å²) in [7, 11) is 0. The van der Waals surface area contributed by atoms with Crippen LogP contribution in [0, 0.1) is 0 Å². The van der Waals surface area contributed by atoms with Crippen LogP contribution >= 0.6 is 47.0 Å². The molecule has 0 fully saturated rings. The van der Waals surface area contributed by atoms with Gasteiger partial charge in [0.1, 0.15) is 0 Å². The van der Waals surface area contributed by atoms with Gasteiger partial charge in [0.2, 0.25) is 0 Å². The SMILES string of the molecule is O=C(Nc1ccc(NC(=S)NC(=O)c2cccc(Cl)c2Cl)cc1)c1cccc(Cl)c1. The molecule has 3 N–H and O–H groups in total. The maximum absolute atomic E-state index is 12.3. The zero-order valence-electron chi connectivity index (χ0n) is 15.2. The minimum Gasteiger partial charge on any atom is -0.332 e. The second-order valence-electron chi connectivity index (χ2n) is 6.05. The zero-order chi connectivity index (χ0) is 21.7. The Balaban J connectivity index is 1.58. The van der Waals surface area contributed by atoms with Crippen molar-refractivity contribution in [3.8, 4) is 0 Å². The van der Waals surface area contributed by atoms with Crippen molar-refractivity contribution in [3.05, 3.63) is 92.9 Å². The van der Waals surface area contributed by atoms with Crippen LogP contribution in [0.5, 0.6) is 0 Å². The lowest BCUT2D eigenvalue weighted by atomic mass is 10.2. The van der Waals surface area contributed by atoms with Crippen LogP contribution in [-0.2, 0) is 0 Å². The summed E-state index contributed by atoms with van der Waals surface area (Å²) < 4.78 is 0. The van der Waals surface area contributed by atoms with E-state index >= 15 is 0 Å². The van der Waals surface area contributed by atoms with Crippen molar-refractivity contribution in [3.63, 3.8) is 0 Å². The zero-order valence-corrected chi connectivity index (χ0v) is 18.3. The molecule has 9 heteroatoms. The highest BCUT2D eigenvalue weighted by atomic mass is 35.5. The maximum Gasteiger partial charge on any atom is 0.258 e. The Morgan fingerprint density at radius 1 is 0.767 bits per heavy atom. The van der Waals surface area contributed by atoms with Crippen LogP contribution in [0.4, 0.5) is 11.4 Å². The standard InChI is InChI=1S/C21H14Cl3N3O2S/c22-13-4-1-3-12(11-13)19(28)25-14-7-9-15(10-8-14)26-21(30)27-20(29)16-5-2-6-17(23)18(16)24/h1-11H,(H,25,28)(H2,26,27,29,30). The summed E-state index contributed by atoms with van der Waals surface area (Å²) in [6, 6.07) is 18.2. The minimum absolute atomic E-state index is 0.0896. The van der Waals surface area contributed by atoms with E-state index in [0.717, 1.165) is 0 Å². The lowest BCUT2D eigenvalue weighted by Gasteiger charge is -2.11. The van der Waals surface area contributed by atoms with Crippen LogP contribution in [0.25, 0.3) is 0 Å². The fourth-order valence-corrected chi connectivity index (χ4v) is 3.27. The molecule has 0 aliphatic heterocycles. The molecular weight excluding hydrogens is 465 g/mol. The maximum atomic E-state index is 12.3. The van der Waals surface area contributed by atoms with Gasteiger partial charge in [0, 0.05) is 22.0 Å². The molecule has 152 valence electrons. The van der Waals surface area contributed by atoms with Crippen molar-refractivity contribution in [1.29, 1.82) is 0 Å². The third-order valence-corrected chi connectivity index (χ3v) is 5.17. The van der Waals surface area contributed by atoms with E-state index in [1.807, 2.05) is 0 Å². The van der Waals surface area contributed by atoms with Crippen LogP contribution in [0.15, 0.2) is 66.7 Å². The van der Waals surface area contributed by atoms with Gasteiger partial charge in [-0.15, -0.1) is 0 Å². The Labute approximate surface area is 193 Å². The van der Waals surface area contributed by atoms with Crippen LogP contribution in [0.2, 0.25) is 15.1 Å². The van der Waals surface area contributed by atoms with E-state index in [1.165, 1.54) is 0 Å². The van der Waals surface area contributed by atoms with Gasteiger partial charge in [0.25, 0.3) is 11.8 Å². The first kappa shape index (κ1) is 22.1. The first-order chi connectivity index (χ1) is 14.3. The molecule has 3 rings (SSSR count). The monoisotopic (exact) mass is 477 g/mol. The summed E-state index contributed by atoms with van der Waals surface area (Å²) in [5.74, 6) is -0.759. The number of thiocarbonyl (C=S) groups is 1. The van der Waals surface area contributed by atoms with Gasteiger partial charge in [-0.3, -0.25) is 14.9 Å². The van der Waals surface area contributed by atoms with E-state index in [9.17, 15) is 9.59 Å². The molecule has 30 heavy (non-hydrogen) atoms. The van der Waals surface area contributed by atoms with Crippen molar-refractivity contribution in [2.45, 2.75) is 0 Å². The number of carbonyl (C=O) groups is 2. The number of carbonyl (C=O) groups excluding carboxylic acids is 2. The van der Waals surface area contributed by atoms with Crippen molar-refractivity contribution < 1.29 is 9.59 Å². The highest BCUT2D eigenvalue weighted by molar-refractivity contribution is 7.80. The molecule has 2 amide bonds. The highest BCUT2D eigenvalue weighted by Crippen LogP contribution is 2.25. The molecule has 0 aliphatic carbocycles. The largest absolute Gasteiger partial charge is 0.332 e. The molecule has 0 unspecified atom stereocenters. The topological polar surface area (TPSA) is 70.2 Å². The van der Waals surface area contributed by atoms with Crippen molar-refractivity contribution in [1.82, 2.24) is 5.32 Å². The second-order valence-corrected chi connectivity index (χ2v) is 7.68. The lowest BCUT2D eigenvalue weighted by molar-refractivity contribution is 0.0976. The number of nitrogens with one attached hydrogen (secondary N) is 3. The summed E-state index contributed by atoms with van der Waals surface area (Å²) in [5, 5.41) is 9.21.